The van der Waals surface area contributed by atoms with Crippen LogP contribution in [0.2, 0.25) is 0 Å². The Morgan fingerprint density at radius 1 is 0.935 bits per heavy atom. The Kier molecular flexibility index (Phi) is 8.22. The van der Waals surface area contributed by atoms with Crippen LogP contribution in [0, 0.1) is 0 Å². The number of rotatable bonds is 10. The minimum absolute atomic E-state index is 0.0331. The van der Waals surface area contributed by atoms with E-state index in [-0.39, 0.29) is 10.6 Å². The van der Waals surface area contributed by atoms with Crippen molar-refractivity contribution in [1.29, 1.82) is 0 Å². The molecule has 0 saturated heterocycles. The van der Waals surface area contributed by atoms with Crippen molar-refractivity contribution in [3.8, 4) is 23.0 Å². The van der Waals surface area contributed by atoms with Gasteiger partial charge in [-0.2, -0.15) is 9.41 Å². The first kappa shape index (κ1) is 24.0. The maximum Gasteiger partial charge on any atom is 0.255 e. The molecule has 0 aliphatic heterocycles. The highest BCUT2D eigenvalue weighted by Gasteiger charge is 2.24. The largest absolute Gasteiger partial charge is 0.493 e. The third kappa shape index (κ3) is 5.86. The summed E-state index contributed by atoms with van der Waals surface area (Å²) < 4.78 is 47.0. The second-order valence-corrected chi connectivity index (χ2v) is 8.23. The Hall–Kier alpha value is -3.31. The van der Waals surface area contributed by atoms with Gasteiger partial charge in [-0.15, -0.1) is 0 Å². The molecule has 2 aromatic rings. The average Bonchev–Trinajstić information content (AvgIpc) is 2.78. The Morgan fingerprint density at radius 3 is 2.06 bits per heavy atom. The van der Waals surface area contributed by atoms with Crippen LogP contribution in [0.4, 0.5) is 0 Å². The highest BCUT2D eigenvalue weighted by molar-refractivity contribution is 7.89. The fourth-order valence-electron chi connectivity index (χ4n) is 2.59. The quantitative estimate of drug-likeness (QED) is 0.430. The number of sulfonamides is 1. The zero-order valence-electron chi connectivity index (χ0n) is 17.9. The Morgan fingerprint density at radius 2 is 1.48 bits per heavy atom. The second-order valence-electron chi connectivity index (χ2n) is 6.19. The lowest BCUT2D eigenvalue weighted by Gasteiger charge is -2.17. The number of amides is 1. The first-order valence-corrected chi connectivity index (χ1v) is 10.4. The van der Waals surface area contributed by atoms with E-state index < -0.39 is 22.5 Å². The molecule has 10 nitrogen and oxygen atoms in total. The summed E-state index contributed by atoms with van der Waals surface area (Å²) in [5.74, 6) is 1.12. The highest BCUT2D eigenvalue weighted by atomic mass is 32.2. The lowest BCUT2D eigenvalue weighted by Crippen LogP contribution is -2.36. The fourth-order valence-corrected chi connectivity index (χ4v) is 3.73. The van der Waals surface area contributed by atoms with Crippen molar-refractivity contribution in [2.45, 2.75) is 4.90 Å². The van der Waals surface area contributed by atoms with Crippen LogP contribution in [-0.4, -0.2) is 66.9 Å². The molecule has 0 aliphatic rings. The van der Waals surface area contributed by atoms with Crippen LogP contribution in [0.3, 0.4) is 0 Å². The molecule has 1 N–H and O–H groups in total. The molecule has 2 rings (SSSR count). The molecule has 0 unspecified atom stereocenters. The van der Waals surface area contributed by atoms with Gasteiger partial charge in [0.05, 0.1) is 46.1 Å². The van der Waals surface area contributed by atoms with Gasteiger partial charge in [0.1, 0.15) is 0 Å². The van der Waals surface area contributed by atoms with Gasteiger partial charge >= 0.3 is 0 Å². The molecule has 31 heavy (non-hydrogen) atoms. The Labute approximate surface area is 181 Å². The van der Waals surface area contributed by atoms with Gasteiger partial charge < -0.3 is 18.9 Å². The van der Waals surface area contributed by atoms with Crippen molar-refractivity contribution in [3.63, 3.8) is 0 Å². The molecule has 0 bridgehead atoms. The van der Waals surface area contributed by atoms with Crippen molar-refractivity contribution in [2.24, 2.45) is 5.10 Å². The van der Waals surface area contributed by atoms with E-state index in [9.17, 15) is 13.2 Å². The number of nitrogens with one attached hydrogen (secondary N) is 1. The summed E-state index contributed by atoms with van der Waals surface area (Å²) in [6.45, 7) is -0.431. The summed E-state index contributed by atoms with van der Waals surface area (Å²) >= 11 is 0. The summed E-state index contributed by atoms with van der Waals surface area (Å²) in [6.07, 6.45) is 1.41. The van der Waals surface area contributed by atoms with Crippen LogP contribution >= 0.6 is 0 Å². The number of carbonyl (C=O) groups is 1. The summed E-state index contributed by atoms with van der Waals surface area (Å²) in [5, 5.41) is 3.85. The molecule has 0 aromatic heterocycles. The first-order chi connectivity index (χ1) is 14.8. The summed E-state index contributed by atoms with van der Waals surface area (Å²) in [4.78, 5) is 12.1. The SMILES string of the molecule is COc1ccc(/C=N\NC(=O)CN(C)S(=O)(=O)c2ccc(OC)c(OC)c2)cc1OC. The minimum atomic E-state index is -3.93. The topological polar surface area (TPSA) is 116 Å². The van der Waals surface area contributed by atoms with Crippen molar-refractivity contribution in [2.75, 3.05) is 42.0 Å². The zero-order valence-corrected chi connectivity index (χ0v) is 18.7. The van der Waals surface area contributed by atoms with E-state index in [0.717, 1.165) is 4.31 Å². The predicted molar refractivity (Wildman–Crippen MR) is 115 cm³/mol. The second kappa shape index (κ2) is 10.6. The number of hydrogen-bond acceptors (Lipinski definition) is 8. The lowest BCUT2D eigenvalue weighted by atomic mass is 10.2. The van der Waals surface area contributed by atoms with Gasteiger partial charge in [0.2, 0.25) is 10.0 Å². The van der Waals surface area contributed by atoms with E-state index in [1.54, 1.807) is 18.2 Å². The number of hydrogen-bond donors (Lipinski definition) is 1. The van der Waals surface area contributed by atoms with Crippen molar-refractivity contribution in [3.05, 3.63) is 42.0 Å². The van der Waals surface area contributed by atoms with E-state index in [2.05, 4.69) is 10.5 Å². The van der Waals surface area contributed by atoms with Gasteiger partial charge in [0.25, 0.3) is 5.91 Å². The number of methoxy groups -OCH3 is 4. The van der Waals surface area contributed by atoms with Gasteiger partial charge in [0, 0.05) is 13.1 Å². The van der Waals surface area contributed by atoms with Crippen LogP contribution in [0.5, 0.6) is 23.0 Å². The van der Waals surface area contributed by atoms with Crippen LogP contribution < -0.4 is 24.4 Å². The Balaban J connectivity index is 2.04. The standard InChI is InChI=1S/C20H25N3O7S/c1-23(31(25,26)15-7-9-17(28-3)19(11-15)30-5)13-20(24)22-21-12-14-6-8-16(27-2)18(10-14)29-4/h6-12H,13H2,1-5H3,(H,22,24)/b21-12-. The summed E-state index contributed by atoms with van der Waals surface area (Å²) in [5.41, 5.74) is 2.96. The number of benzene rings is 2. The molecule has 2 aromatic carbocycles. The maximum atomic E-state index is 12.7. The molecule has 0 radical (unpaired) electrons. The normalized spacial score (nSPS) is 11.4. The molecule has 11 heteroatoms. The van der Waals surface area contributed by atoms with Crippen LogP contribution in [0.15, 0.2) is 46.4 Å². The molecule has 0 saturated carbocycles. The molecule has 168 valence electrons. The van der Waals surface area contributed by atoms with Gasteiger partial charge in [-0.1, -0.05) is 0 Å². The zero-order chi connectivity index (χ0) is 23.0. The van der Waals surface area contributed by atoms with E-state index in [0.29, 0.717) is 22.8 Å². The average molecular weight is 452 g/mol. The third-order valence-electron chi connectivity index (χ3n) is 4.24. The van der Waals surface area contributed by atoms with Crippen LogP contribution in [0.1, 0.15) is 5.56 Å². The predicted octanol–water partition coefficient (Wildman–Crippen LogP) is 1.49. The van der Waals surface area contributed by atoms with Crippen LogP contribution in [0.25, 0.3) is 0 Å². The third-order valence-corrected chi connectivity index (χ3v) is 6.04. The summed E-state index contributed by atoms with van der Waals surface area (Å²) in [7, 11) is 3.25. The van der Waals surface area contributed by atoms with Gasteiger partial charge in [-0.05, 0) is 35.9 Å². The molecular weight excluding hydrogens is 426 g/mol. The van der Waals surface area contributed by atoms with E-state index in [1.807, 2.05) is 0 Å². The number of carbonyl (C=O) groups excluding carboxylic acids is 1. The molecule has 1 amide bonds. The van der Waals surface area contributed by atoms with E-state index in [4.69, 9.17) is 18.9 Å². The molecular formula is C20H25N3O7S. The van der Waals surface area contributed by atoms with Crippen molar-refractivity contribution < 1.29 is 32.2 Å². The molecule has 0 atom stereocenters. The Bertz CT molecular complexity index is 1050. The van der Waals surface area contributed by atoms with Crippen molar-refractivity contribution >= 4 is 22.1 Å². The smallest absolute Gasteiger partial charge is 0.255 e. The minimum Gasteiger partial charge on any atom is -0.493 e. The highest BCUT2D eigenvalue weighted by Crippen LogP contribution is 2.30. The van der Waals surface area contributed by atoms with Gasteiger partial charge in [-0.25, -0.2) is 13.8 Å². The number of likely N-dealkylation sites (N-methyl/N-ethyl adjacent to an activating group) is 1. The van der Waals surface area contributed by atoms with Gasteiger partial charge in [0.15, 0.2) is 23.0 Å². The maximum absolute atomic E-state index is 12.7. The van der Waals surface area contributed by atoms with Crippen molar-refractivity contribution in [1.82, 2.24) is 9.73 Å². The molecule has 0 spiro atoms. The number of ether oxygens (including phenoxy) is 4. The molecule has 0 heterocycles. The fraction of sp³-hybridized carbons (Fsp3) is 0.300. The van der Waals surface area contributed by atoms with Gasteiger partial charge in [-0.3, -0.25) is 4.79 Å². The summed E-state index contributed by atoms with van der Waals surface area (Å²) in [6, 6.07) is 9.30. The molecule has 0 fully saturated rings. The molecule has 0 aliphatic carbocycles. The monoisotopic (exact) mass is 451 g/mol. The number of nitrogens with zero attached hydrogens (tertiary/aromatic N) is 2. The van der Waals surface area contributed by atoms with Crippen LogP contribution in [-0.2, 0) is 14.8 Å². The van der Waals surface area contributed by atoms with E-state index >= 15 is 0 Å². The number of hydrazone groups is 1. The first-order valence-electron chi connectivity index (χ1n) is 8.99. The van der Waals surface area contributed by atoms with E-state index in [1.165, 1.54) is 59.9 Å². The lowest BCUT2D eigenvalue weighted by molar-refractivity contribution is -0.121.